The Balaban J connectivity index is 1.73. The van der Waals surface area contributed by atoms with Crippen molar-refractivity contribution in [1.29, 1.82) is 0 Å². The number of amides is 1. The number of thiazole rings is 1. The lowest BCUT2D eigenvalue weighted by Crippen LogP contribution is -2.47. The quantitative estimate of drug-likeness (QED) is 0.694. The highest BCUT2D eigenvalue weighted by Crippen LogP contribution is 2.29. The average molecular weight is 438 g/mol. The molecule has 1 aromatic carbocycles. The Morgan fingerprint density at radius 3 is 2.41 bits per heavy atom. The van der Waals surface area contributed by atoms with Gasteiger partial charge in [-0.15, -0.1) is 11.3 Å². The van der Waals surface area contributed by atoms with Gasteiger partial charge in [0.15, 0.2) is 11.2 Å². The Hall–Kier alpha value is -2.30. The van der Waals surface area contributed by atoms with Crippen molar-refractivity contribution in [2.24, 2.45) is 5.14 Å². The minimum Gasteiger partial charge on any atom is -0.449 e. The first-order valence-electron chi connectivity index (χ1n) is 9.34. The van der Waals surface area contributed by atoms with Crippen LogP contribution in [0.5, 0.6) is 0 Å². The van der Waals surface area contributed by atoms with E-state index in [9.17, 15) is 18.0 Å². The molecule has 2 N–H and O–H groups in total. The molecule has 0 spiro atoms. The van der Waals surface area contributed by atoms with E-state index in [1.165, 1.54) is 42.5 Å². The third-order valence-electron chi connectivity index (χ3n) is 4.85. The van der Waals surface area contributed by atoms with Crippen molar-refractivity contribution in [2.45, 2.75) is 56.1 Å². The van der Waals surface area contributed by atoms with Gasteiger partial charge in [0, 0.05) is 17.6 Å². The van der Waals surface area contributed by atoms with Crippen LogP contribution in [0.1, 0.15) is 49.4 Å². The van der Waals surface area contributed by atoms with Crippen molar-refractivity contribution in [3.63, 3.8) is 0 Å². The molecule has 1 fully saturated rings. The molecule has 0 radical (unpaired) electrons. The molecular weight excluding hydrogens is 414 g/mol. The zero-order chi connectivity index (χ0) is 21.0. The SMILES string of the molecule is CC(OC(=O)c1ccc(S(N)(=O)=O)cc1)C(=O)N(c1nccs1)C1CCCCC1. The van der Waals surface area contributed by atoms with Crippen LogP contribution in [0.15, 0.2) is 40.7 Å². The van der Waals surface area contributed by atoms with E-state index in [1.54, 1.807) is 11.1 Å². The molecule has 1 aliphatic carbocycles. The van der Waals surface area contributed by atoms with E-state index in [-0.39, 0.29) is 22.4 Å². The number of ether oxygens (including phenoxy) is 1. The summed E-state index contributed by atoms with van der Waals surface area (Å²) < 4.78 is 28.0. The molecule has 1 saturated carbocycles. The van der Waals surface area contributed by atoms with E-state index in [0.717, 1.165) is 32.1 Å². The lowest BCUT2D eigenvalue weighted by Gasteiger charge is -2.33. The molecule has 8 nitrogen and oxygen atoms in total. The van der Waals surface area contributed by atoms with Gasteiger partial charge >= 0.3 is 5.97 Å². The maximum Gasteiger partial charge on any atom is 0.338 e. The first-order valence-corrected chi connectivity index (χ1v) is 11.8. The number of carbonyl (C=O) groups is 2. The third-order valence-corrected chi connectivity index (χ3v) is 6.55. The number of nitrogens with two attached hydrogens (primary N) is 1. The van der Waals surface area contributed by atoms with E-state index >= 15 is 0 Å². The van der Waals surface area contributed by atoms with Crippen LogP contribution in [-0.4, -0.2) is 37.4 Å². The molecule has 2 aromatic rings. The Labute approximate surface area is 173 Å². The summed E-state index contributed by atoms with van der Waals surface area (Å²) in [6.45, 7) is 1.53. The maximum absolute atomic E-state index is 13.1. The van der Waals surface area contributed by atoms with Crippen molar-refractivity contribution < 1.29 is 22.7 Å². The number of sulfonamides is 1. The summed E-state index contributed by atoms with van der Waals surface area (Å²) in [6.07, 6.45) is 5.66. The van der Waals surface area contributed by atoms with Crippen LogP contribution in [0, 0.1) is 0 Å². The van der Waals surface area contributed by atoms with E-state index in [1.807, 2.05) is 5.38 Å². The van der Waals surface area contributed by atoms with Gasteiger partial charge in [-0.2, -0.15) is 0 Å². The molecule has 1 unspecified atom stereocenters. The molecule has 10 heteroatoms. The number of hydrogen-bond donors (Lipinski definition) is 1. The summed E-state index contributed by atoms with van der Waals surface area (Å²) in [6, 6.07) is 5.10. The van der Waals surface area contributed by atoms with E-state index in [0.29, 0.717) is 5.13 Å². The molecule has 1 atom stereocenters. The molecule has 156 valence electrons. The molecule has 1 aromatic heterocycles. The normalized spacial score (nSPS) is 16.2. The standard InChI is InChI=1S/C19H23N3O5S2/c1-13(27-18(24)14-7-9-16(10-8-14)29(20,25)26)17(23)22(19-21-11-12-28-19)15-5-3-2-4-6-15/h7-13,15H,2-6H2,1H3,(H2,20,25,26). The number of hydrogen-bond acceptors (Lipinski definition) is 7. The van der Waals surface area contributed by atoms with Crippen LogP contribution in [0.25, 0.3) is 0 Å². The number of esters is 1. The van der Waals surface area contributed by atoms with Gasteiger partial charge < -0.3 is 4.74 Å². The zero-order valence-corrected chi connectivity index (χ0v) is 17.6. The minimum atomic E-state index is -3.85. The second-order valence-electron chi connectivity index (χ2n) is 6.93. The fraction of sp³-hybridized carbons (Fsp3) is 0.421. The highest BCUT2D eigenvalue weighted by molar-refractivity contribution is 7.89. The van der Waals surface area contributed by atoms with E-state index in [2.05, 4.69) is 4.98 Å². The van der Waals surface area contributed by atoms with Gasteiger partial charge in [-0.05, 0) is 44.0 Å². The fourth-order valence-corrected chi connectivity index (χ4v) is 4.59. The highest BCUT2D eigenvalue weighted by Gasteiger charge is 2.33. The number of nitrogens with zero attached hydrogens (tertiary/aromatic N) is 2. The predicted octanol–water partition coefficient (Wildman–Crippen LogP) is 2.70. The number of primary sulfonamides is 1. The lowest BCUT2D eigenvalue weighted by atomic mass is 9.94. The van der Waals surface area contributed by atoms with Crippen LogP contribution >= 0.6 is 11.3 Å². The van der Waals surface area contributed by atoms with Crippen molar-refractivity contribution >= 4 is 38.4 Å². The van der Waals surface area contributed by atoms with Gasteiger partial charge in [0.05, 0.1) is 10.5 Å². The van der Waals surface area contributed by atoms with Crippen molar-refractivity contribution in [3.8, 4) is 0 Å². The first-order chi connectivity index (χ1) is 13.8. The number of benzene rings is 1. The van der Waals surface area contributed by atoms with Gasteiger partial charge in [0.1, 0.15) is 0 Å². The second-order valence-corrected chi connectivity index (χ2v) is 9.37. The van der Waals surface area contributed by atoms with E-state index < -0.39 is 22.1 Å². The van der Waals surface area contributed by atoms with Crippen LogP contribution in [0.3, 0.4) is 0 Å². The van der Waals surface area contributed by atoms with Crippen LogP contribution < -0.4 is 10.0 Å². The molecule has 0 bridgehead atoms. The van der Waals surface area contributed by atoms with Gasteiger partial charge in [0.2, 0.25) is 10.0 Å². The van der Waals surface area contributed by atoms with Gasteiger partial charge in [-0.25, -0.2) is 23.3 Å². The predicted molar refractivity (Wildman–Crippen MR) is 109 cm³/mol. The summed E-state index contributed by atoms with van der Waals surface area (Å²) in [5.41, 5.74) is 0.135. The summed E-state index contributed by atoms with van der Waals surface area (Å²) in [7, 11) is -3.85. The molecular formula is C19H23N3O5S2. The van der Waals surface area contributed by atoms with Crippen LogP contribution in [0.4, 0.5) is 5.13 Å². The first kappa shape index (κ1) is 21.4. The zero-order valence-electron chi connectivity index (χ0n) is 16.0. The highest BCUT2D eigenvalue weighted by atomic mass is 32.2. The fourth-order valence-electron chi connectivity index (χ4n) is 3.36. The number of aromatic nitrogens is 1. The molecule has 1 amide bonds. The Kier molecular flexibility index (Phi) is 6.66. The van der Waals surface area contributed by atoms with Crippen molar-refractivity contribution in [3.05, 3.63) is 41.4 Å². The molecule has 1 heterocycles. The summed E-state index contributed by atoms with van der Waals surface area (Å²) in [4.78, 5) is 31.4. The number of carbonyl (C=O) groups excluding carboxylic acids is 2. The van der Waals surface area contributed by atoms with Crippen LogP contribution in [-0.2, 0) is 19.6 Å². The molecule has 29 heavy (non-hydrogen) atoms. The lowest BCUT2D eigenvalue weighted by molar-refractivity contribution is -0.127. The topological polar surface area (TPSA) is 120 Å². The van der Waals surface area contributed by atoms with Crippen LogP contribution in [0.2, 0.25) is 0 Å². The Morgan fingerprint density at radius 2 is 1.86 bits per heavy atom. The maximum atomic E-state index is 13.1. The third kappa shape index (κ3) is 5.20. The Morgan fingerprint density at radius 1 is 1.21 bits per heavy atom. The molecule has 0 saturated heterocycles. The number of anilines is 1. The van der Waals surface area contributed by atoms with Crippen molar-refractivity contribution in [1.82, 2.24) is 4.98 Å². The molecule has 1 aliphatic rings. The minimum absolute atomic E-state index is 0.0394. The molecule has 3 rings (SSSR count). The summed E-state index contributed by atoms with van der Waals surface area (Å²) in [5.74, 6) is -1.03. The Bertz CT molecular complexity index is 952. The monoisotopic (exact) mass is 437 g/mol. The van der Waals surface area contributed by atoms with Crippen molar-refractivity contribution in [2.75, 3.05) is 4.90 Å². The second kappa shape index (κ2) is 9.02. The van der Waals surface area contributed by atoms with Gasteiger partial charge in [-0.1, -0.05) is 19.3 Å². The summed E-state index contributed by atoms with van der Waals surface area (Å²) >= 11 is 1.37. The average Bonchev–Trinajstić information content (AvgIpc) is 3.22. The van der Waals surface area contributed by atoms with Gasteiger partial charge in [-0.3, -0.25) is 9.69 Å². The van der Waals surface area contributed by atoms with E-state index in [4.69, 9.17) is 9.88 Å². The largest absolute Gasteiger partial charge is 0.449 e. The van der Waals surface area contributed by atoms with Gasteiger partial charge in [0.25, 0.3) is 5.91 Å². The number of rotatable bonds is 6. The summed E-state index contributed by atoms with van der Waals surface area (Å²) in [5, 5.41) is 7.46. The molecule has 0 aliphatic heterocycles. The smallest absolute Gasteiger partial charge is 0.338 e.